The number of aromatic nitrogens is 1. The third-order valence-corrected chi connectivity index (χ3v) is 5.54. The molecule has 1 N–H and O–H groups in total. The molecular formula is C23H33N5O. The molecule has 2 heterocycles. The first-order chi connectivity index (χ1) is 14.2. The fourth-order valence-corrected chi connectivity index (χ4v) is 3.79. The molecule has 1 fully saturated rings. The minimum Gasteiger partial charge on any atom is -0.370 e. The molecule has 156 valence electrons. The lowest BCUT2D eigenvalue weighted by molar-refractivity contribution is -0.121. The first-order valence-electron chi connectivity index (χ1n) is 10.6. The lowest BCUT2D eigenvalue weighted by Crippen LogP contribution is -2.47. The van der Waals surface area contributed by atoms with Crippen LogP contribution >= 0.6 is 0 Å². The van der Waals surface area contributed by atoms with Crippen LogP contribution in [0.1, 0.15) is 18.9 Å². The first-order valence-corrected chi connectivity index (χ1v) is 10.6. The van der Waals surface area contributed by atoms with E-state index in [9.17, 15) is 4.79 Å². The molecular weight excluding hydrogens is 362 g/mol. The summed E-state index contributed by atoms with van der Waals surface area (Å²) < 4.78 is 0. The van der Waals surface area contributed by atoms with E-state index in [0.29, 0.717) is 13.0 Å². The number of hydrogen-bond acceptors (Lipinski definition) is 5. The molecule has 0 saturated carbocycles. The molecule has 0 spiro atoms. The van der Waals surface area contributed by atoms with Crippen molar-refractivity contribution in [3.63, 3.8) is 0 Å². The normalized spacial score (nSPS) is 14.6. The van der Waals surface area contributed by atoms with Crippen LogP contribution in [0.15, 0.2) is 48.7 Å². The molecule has 0 aliphatic carbocycles. The summed E-state index contributed by atoms with van der Waals surface area (Å²) >= 11 is 0. The van der Waals surface area contributed by atoms with Crippen molar-refractivity contribution >= 4 is 17.4 Å². The Bertz CT molecular complexity index is 759. The fourth-order valence-electron chi connectivity index (χ4n) is 3.79. The Hall–Kier alpha value is -2.60. The lowest BCUT2D eigenvalue weighted by Gasteiger charge is -2.35. The van der Waals surface area contributed by atoms with Crippen molar-refractivity contribution in [2.75, 3.05) is 62.2 Å². The maximum absolute atomic E-state index is 12.3. The first kappa shape index (κ1) is 21.1. The highest BCUT2D eigenvalue weighted by Gasteiger charge is 2.18. The van der Waals surface area contributed by atoms with E-state index < -0.39 is 0 Å². The predicted octanol–water partition coefficient (Wildman–Crippen LogP) is 2.54. The monoisotopic (exact) mass is 395 g/mol. The Morgan fingerprint density at radius 3 is 2.55 bits per heavy atom. The molecule has 1 saturated heterocycles. The summed E-state index contributed by atoms with van der Waals surface area (Å²) in [5.74, 6) is 1.18. The van der Waals surface area contributed by atoms with E-state index >= 15 is 0 Å². The van der Waals surface area contributed by atoms with Crippen LogP contribution in [-0.2, 0) is 4.79 Å². The average Bonchev–Trinajstić information content (AvgIpc) is 2.77. The second-order valence-electron chi connectivity index (χ2n) is 7.48. The van der Waals surface area contributed by atoms with Gasteiger partial charge in [0.1, 0.15) is 5.82 Å². The molecule has 0 atom stereocenters. The van der Waals surface area contributed by atoms with E-state index in [0.717, 1.165) is 51.6 Å². The molecule has 0 radical (unpaired) electrons. The van der Waals surface area contributed by atoms with Gasteiger partial charge in [-0.3, -0.25) is 9.69 Å². The molecule has 1 amide bonds. The van der Waals surface area contributed by atoms with Gasteiger partial charge in [-0.1, -0.05) is 24.3 Å². The predicted molar refractivity (Wildman–Crippen MR) is 120 cm³/mol. The molecule has 1 aliphatic heterocycles. The van der Waals surface area contributed by atoms with Crippen molar-refractivity contribution in [3.05, 3.63) is 54.2 Å². The Balaban J connectivity index is 1.34. The van der Waals surface area contributed by atoms with Gasteiger partial charge in [0.25, 0.3) is 0 Å². The summed E-state index contributed by atoms with van der Waals surface area (Å²) in [6.45, 7) is 11.4. The molecule has 1 aromatic carbocycles. The summed E-state index contributed by atoms with van der Waals surface area (Å²) in [7, 11) is 0. The summed E-state index contributed by atoms with van der Waals surface area (Å²) in [5, 5.41) is 3.08. The highest BCUT2D eigenvalue weighted by molar-refractivity contribution is 5.76. The van der Waals surface area contributed by atoms with Gasteiger partial charge in [-0.15, -0.1) is 0 Å². The fraction of sp³-hybridized carbons (Fsp3) is 0.478. The molecule has 29 heavy (non-hydrogen) atoms. The minimum absolute atomic E-state index is 0.137. The summed E-state index contributed by atoms with van der Waals surface area (Å²) in [5.41, 5.74) is 2.51. The van der Waals surface area contributed by atoms with E-state index in [2.05, 4.69) is 69.2 Å². The highest BCUT2D eigenvalue weighted by atomic mass is 16.1. The number of benzene rings is 1. The number of aryl methyl sites for hydroxylation is 1. The van der Waals surface area contributed by atoms with Crippen LogP contribution in [-0.4, -0.2) is 68.1 Å². The quantitative estimate of drug-likeness (QED) is 0.707. The van der Waals surface area contributed by atoms with Gasteiger partial charge < -0.3 is 15.1 Å². The SMILES string of the molecule is CCN(CCNC(=O)CCN1CCN(c2ccccn2)CC1)c1ccccc1C. The van der Waals surface area contributed by atoms with Crippen molar-refractivity contribution in [3.8, 4) is 0 Å². The van der Waals surface area contributed by atoms with Gasteiger partial charge >= 0.3 is 0 Å². The van der Waals surface area contributed by atoms with Crippen LogP contribution in [0.4, 0.5) is 11.5 Å². The van der Waals surface area contributed by atoms with Crippen molar-refractivity contribution in [2.45, 2.75) is 20.3 Å². The zero-order valence-electron chi connectivity index (χ0n) is 17.7. The number of hydrogen-bond donors (Lipinski definition) is 1. The van der Waals surface area contributed by atoms with Gasteiger partial charge in [-0.05, 0) is 37.6 Å². The largest absolute Gasteiger partial charge is 0.370 e. The maximum atomic E-state index is 12.3. The number of carbonyl (C=O) groups excluding carboxylic acids is 1. The molecule has 1 aromatic heterocycles. The summed E-state index contributed by atoms with van der Waals surface area (Å²) in [4.78, 5) is 23.7. The van der Waals surface area contributed by atoms with Gasteiger partial charge in [0.2, 0.25) is 5.91 Å². The number of rotatable bonds is 9. The summed E-state index contributed by atoms with van der Waals surface area (Å²) in [6.07, 6.45) is 2.39. The van der Waals surface area contributed by atoms with Crippen LogP contribution in [0.2, 0.25) is 0 Å². The molecule has 6 nitrogen and oxygen atoms in total. The number of anilines is 2. The van der Waals surface area contributed by atoms with Crippen molar-refractivity contribution in [1.82, 2.24) is 15.2 Å². The number of nitrogens with one attached hydrogen (secondary N) is 1. The molecule has 1 aliphatic rings. The summed E-state index contributed by atoms with van der Waals surface area (Å²) in [6, 6.07) is 14.4. The number of amides is 1. The van der Waals surface area contributed by atoms with E-state index in [1.807, 2.05) is 18.3 Å². The van der Waals surface area contributed by atoms with E-state index in [4.69, 9.17) is 0 Å². The Kier molecular flexibility index (Phi) is 7.87. The lowest BCUT2D eigenvalue weighted by atomic mass is 10.2. The van der Waals surface area contributed by atoms with Gasteiger partial charge in [0.15, 0.2) is 0 Å². The van der Waals surface area contributed by atoms with Crippen LogP contribution in [0.5, 0.6) is 0 Å². The third-order valence-electron chi connectivity index (χ3n) is 5.54. The minimum atomic E-state index is 0.137. The number of likely N-dealkylation sites (N-methyl/N-ethyl adjacent to an activating group) is 1. The zero-order valence-corrected chi connectivity index (χ0v) is 17.7. The maximum Gasteiger partial charge on any atom is 0.221 e. The number of para-hydroxylation sites is 1. The molecule has 0 bridgehead atoms. The van der Waals surface area contributed by atoms with Crippen molar-refractivity contribution in [1.29, 1.82) is 0 Å². The van der Waals surface area contributed by atoms with Gasteiger partial charge in [0, 0.05) is 70.7 Å². The van der Waals surface area contributed by atoms with E-state index in [-0.39, 0.29) is 5.91 Å². The second-order valence-corrected chi connectivity index (χ2v) is 7.48. The number of nitrogens with zero attached hydrogens (tertiary/aromatic N) is 4. The van der Waals surface area contributed by atoms with Crippen LogP contribution in [0.25, 0.3) is 0 Å². The molecule has 6 heteroatoms. The molecule has 2 aromatic rings. The zero-order chi connectivity index (χ0) is 20.5. The van der Waals surface area contributed by atoms with Gasteiger partial charge in [-0.2, -0.15) is 0 Å². The number of carbonyl (C=O) groups is 1. The average molecular weight is 396 g/mol. The van der Waals surface area contributed by atoms with Crippen LogP contribution in [0, 0.1) is 6.92 Å². The Labute approximate surface area is 174 Å². The van der Waals surface area contributed by atoms with Gasteiger partial charge in [0.05, 0.1) is 0 Å². The smallest absolute Gasteiger partial charge is 0.221 e. The molecule has 0 unspecified atom stereocenters. The topological polar surface area (TPSA) is 51.7 Å². The van der Waals surface area contributed by atoms with Gasteiger partial charge in [-0.25, -0.2) is 4.98 Å². The Morgan fingerprint density at radius 1 is 1.10 bits per heavy atom. The highest BCUT2D eigenvalue weighted by Crippen LogP contribution is 2.18. The third kappa shape index (κ3) is 6.19. The Morgan fingerprint density at radius 2 is 1.86 bits per heavy atom. The second kappa shape index (κ2) is 10.8. The van der Waals surface area contributed by atoms with Crippen molar-refractivity contribution in [2.24, 2.45) is 0 Å². The van der Waals surface area contributed by atoms with E-state index in [1.54, 1.807) is 0 Å². The van der Waals surface area contributed by atoms with Crippen LogP contribution in [0.3, 0.4) is 0 Å². The standard InChI is InChI=1S/C23H33N5O/c1-3-27(21-9-5-4-8-20(21)2)15-13-25-23(29)11-14-26-16-18-28(19-17-26)22-10-6-7-12-24-22/h4-10,12H,3,11,13-19H2,1-2H3,(H,25,29). The van der Waals surface area contributed by atoms with Crippen molar-refractivity contribution < 1.29 is 4.79 Å². The van der Waals surface area contributed by atoms with Crippen LogP contribution < -0.4 is 15.1 Å². The molecule has 3 rings (SSSR count). The van der Waals surface area contributed by atoms with E-state index in [1.165, 1.54) is 11.3 Å². The number of piperazine rings is 1. The number of pyridine rings is 1.